The van der Waals surface area contributed by atoms with Gasteiger partial charge in [0.2, 0.25) is 5.91 Å². The van der Waals surface area contributed by atoms with Crippen molar-refractivity contribution in [3.05, 3.63) is 62.6 Å². The number of likely N-dealkylation sites (N-methyl/N-ethyl adjacent to an activating group) is 1. The number of aromatic hydroxyl groups is 1. The van der Waals surface area contributed by atoms with Crippen LogP contribution in [0.2, 0.25) is 10.0 Å². The predicted molar refractivity (Wildman–Crippen MR) is 121 cm³/mol. The summed E-state index contributed by atoms with van der Waals surface area (Å²) in [4.78, 5) is 17.8. The quantitative estimate of drug-likeness (QED) is 0.704. The number of nitrogens with zero attached hydrogens (tertiary/aromatic N) is 2. The number of hydrogen-bond donors (Lipinski definition) is 1. The van der Waals surface area contributed by atoms with Gasteiger partial charge in [-0.25, -0.2) is 0 Å². The van der Waals surface area contributed by atoms with Crippen molar-refractivity contribution in [2.45, 2.75) is 51.1 Å². The van der Waals surface area contributed by atoms with Crippen molar-refractivity contribution in [1.82, 2.24) is 9.80 Å². The number of phenols is 1. The van der Waals surface area contributed by atoms with Gasteiger partial charge in [-0.15, -0.1) is 0 Å². The molecule has 0 unspecified atom stereocenters. The zero-order valence-electron chi connectivity index (χ0n) is 17.5. The van der Waals surface area contributed by atoms with Gasteiger partial charge < -0.3 is 10.0 Å². The highest BCUT2D eigenvalue weighted by atomic mass is 35.5. The van der Waals surface area contributed by atoms with Crippen molar-refractivity contribution in [1.29, 1.82) is 0 Å². The van der Waals surface area contributed by atoms with Crippen LogP contribution in [0.5, 0.6) is 5.75 Å². The number of amides is 1. The number of likely N-dealkylation sites (tertiary alicyclic amines) is 1. The van der Waals surface area contributed by atoms with Gasteiger partial charge in [-0.05, 0) is 86.1 Å². The molecule has 1 amide bonds. The number of fused-ring (bicyclic) bond motifs is 1. The lowest BCUT2D eigenvalue weighted by atomic mass is 9.80. The summed E-state index contributed by atoms with van der Waals surface area (Å²) in [5.41, 5.74) is 4.14. The van der Waals surface area contributed by atoms with Crippen LogP contribution >= 0.6 is 23.2 Å². The van der Waals surface area contributed by atoms with Gasteiger partial charge in [-0.1, -0.05) is 35.3 Å². The second-order valence-corrected chi connectivity index (χ2v) is 9.32. The Kier molecular flexibility index (Phi) is 6.29. The second-order valence-electron chi connectivity index (χ2n) is 8.50. The molecule has 0 saturated carbocycles. The van der Waals surface area contributed by atoms with E-state index < -0.39 is 0 Å². The van der Waals surface area contributed by atoms with Gasteiger partial charge in [0, 0.05) is 13.1 Å². The molecule has 160 valence electrons. The molecule has 0 aromatic heterocycles. The second kappa shape index (κ2) is 8.78. The summed E-state index contributed by atoms with van der Waals surface area (Å²) in [7, 11) is 1.91. The van der Waals surface area contributed by atoms with E-state index in [0.717, 1.165) is 37.1 Å². The van der Waals surface area contributed by atoms with E-state index in [1.165, 1.54) is 24.0 Å². The highest BCUT2D eigenvalue weighted by Crippen LogP contribution is 2.41. The molecule has 4 nitrogen and oxygen atoms in total. The van der Waals surface area contributed by atoms with Gasteiger partial charge in [0.25, 0.3) is 0 Å². The molecule has 2 atom stereocenters. The van der Waals surface area contributed by atoms with Crippen LogP contribution in [0.1, 0.15) is 47.6 Å². The van der Waals surface area contributed by atoms with E-state index in [4.69, 9.17) is 23.2 Å². The average molecular weight is 447 g/mol. The summed E-state index contributed by atoms with van der Waals surface area (Å²) in [6, 6.07) is 9.41. The fraction of sp³-hybridized carbons (Fsp3) is 0.458. The fourth-order valence-electron chi connectivity index (χ4n) is 5.06. The van der Waals surface area contributed by atoms with Crippen molar-refractivity contribution in [3.8, 4) is 5.75 Å². The molecular weight excluding hydrogens is 419 g/mol. The highest BCUT2D eigenvalue weighted by molar-refractivity contribution is 6.42. The summed E-state index contributed by atoms with van der Waals surface area (Å²) >= 11 is 12.2. The van der Waals surface area contributed by atoms with Crippen LogP contribution in [0, 0.1) is 6.92 Å². The lowest BCUT2D eigenvalue weighted by molar-refractivity contribution is -0.133. The molecule has 1 N–H and O–H groups in total. The molecule has 6 heteroatoms. The molecule has 1 fully saturated rings. The Morgan fingerprint density at radius 1 is 1.17 bits per heavy atom. The van der Waals surface area contributed by atoms with Gasteiger partial charge >= 0.3 is 0 Å². The third-order valence-corrected chi connectivity index (χ3v) is 7.48. The molecule has 1 aliphatic heterocycles. The minimum atomic E-state index is -0.0265. The van der Waals surface area contributed by atoms with Gasteiger partial charge in [0.1, 0.15) is 5.75 Å². The van der Waals surface area contributed by atoms with E-state index in [2.05, 4.69) is 4.90 Å². The first-order valence-corrected chi connectivity index (χ1v) is 11.4. The number of benzene rings is 2. The Hall–Kier alpha value is -1.75. The largest absolute Gasteiger partial charge is 0.508 e. The smallest absolute Gasteiger partial charge is 0.227 e. The van der Waals surface area contributed by atoms with Crippen LogP contribution in [-0.2, 0) is 17.6 Å². The van der Waals surface area contributed by atoms with Crippen LogP contribution in [0.4, 0.5) is 0 Å². The number of rotatable bonds is 4. The average Bonchev–Trinajstić information content (AvgIpc) is 3.27. The maximum Gasteiger partial charge on any atom is 0.227 e. The van der Waals surface area contributed by atoms with E-state index in [9.17, 15) is 9.90 Å². The van der Waals surface area contributed by atoms with Gasteiger partial charge in [0.15, 0.2) is 0 Å². The molecule has 2 aromatic carbocycles. The first-order valence-electron chi connectivity index (χ1n) is 10.6. The van der Waals surface area contributed by atoms with Crippen LogP contribution in [0.15, 0.2) is 30.3 Å². The summed E-state index contributed by atoms with van der Waals surface area (Å²) in [5, 5.41) is 11.2. The zero-order chi connectivity index (χ0) is 21.4. The van der Waals surface area contributed by atoms with Crippen molar-refractivity contribution in [3.63, 3.8) is 0 Å². The standard InChI is InChI=1S/C24H28Cl2N2O2/c1-15-17-6-9-21(28-11-3-4-12-28)24(18(17)7-10-22(15)29)27(2)23(30)14-16-5-8-19(25)20(26)13-16/h5,7-8,10,13,21,24,29H,3-4,6,9,11-12,14H2,1-2H3/t21-,24-/m0/s1. The van der Waals surface area contributed by atoms with Crippen molar-refractivity contribution in [2.24, 2.45) is 0 Å². The Labute approximate surface area is 188 Å². The number of halogens is 2. The number of carbonyl (C=O) groups is 1. The molecule has 4 rings (SSSR count). The Morgan fingerprint density at radius 2 is 1.90 bits per heavy atom. The van der Waals surface area contributed by atoms with Gasteiger partial charge in [-0.3, -0.25) is 9.69 Å². The molecule has 0 spiro atoms. The monoisotopic (exact) mass is 446 g/mol. The predicted octanol–water partition coefficient (Wildman–Crippen LogP) is 5.16. The molecule has 2 aromatic rings. The Bertz CT molecular complexity index is 956. The molecule has 0 radical (unpaired) electrons. The topological polar surface area (TPSA) is 43.8 Å². The zero-order valence-corrected chi connectivity index (χ0v) is 19.0. The van der Waals surface area contributed by atoms with E-state index in [-0.39, 0.29) is 18.4 Å². The summed E-state index contributed by atoms with van der Waals surface area (Å²) in [5.74, 6) is 0.387. The van der Waals surface area contributed by atoms with Crippen molar-refractivity contribution < 1.29 is 9.90 Å². The normalized spacial score (nSPS) is 21.5. The number of carbonyl (C=O) groups excluding carboxylic acids is 1. The molecule has 1 saturated heterocycles. The maximum atomic E-state index is 13.3. The first-order chi connectivity index (χ1) is 14.4. The third-order valence-electron chi connectivity index (χ3n) is 6.74. The van der Waals surface area contributed by atoms with Crippen molar-refractivity contribution >= 4 is 29.1 Å². The summed E-state index contributed by atoms with van der Waals surface area (Å²) in [6.07, 6.45) is 4.63. The van der Waals surface area contributed by atoms with Gasteiger partial charge in [-0.2, -0.15) is 0 Å². The lowest BCUT2D eigenvalue weighted by Gasteiger charge is -2.44. The highest BCUT2D eigenvalue weighted by Gasteiger charge is 2.39. The summed E-state index contributed by atoms with van der Waals surface area (Å²) < 4.78 is 0. The molecule has 30 heavy (non-hydrogen) atoms. The minimum absolute atomic E-state index is 0.0265. The van der Waals surface area contributed by atoms with E-state index >= 15 is 0 Å². The van der Waals surface area contributed by atoms with Crippen LogP contribution in [-0.4, -0.2) is 47.0 Å². The van der Waals surface area contributed by atoms with Crippen LogP contribution in [0.25, 0.3) is 0 Å². The first kappa shape index (κ1) is 21.5. The maximum absolute atomic E-state index is 13.3. The van der Waals surface area contributed by atoms with Crippen molar-refractivity contribution in [2.75, 3.05) is 20.1 Å². The minimum Gasteiger partial charge on any atom is -0.508 e. The van der Waals surface area contributed by atoms with Gasteiger partial charge in [0.05, 0.1) is 22.5 Å². The van der Waals surface area contributed by atoms with E-state index in [0.29, 0.717) is 21.8 Å². The number of phenolic OH excluding ortho intramolecular Hbond substituents is 1. The molecular formula is C24H28Cl2N2O2. The molecule has 1 heterocycles. The van der Waals surface area contributed by atoms with Crippen LogP contribution < -0.4 is 0 Å². The fourth-order valence-corrected chi connectivity index (χ4v) is 5.38. The SMILES string of the molecule is Cc1c(O)ccc2c1CC[C@H](N1CCCC1)[C@H]2N(C)C(=O)Cc1ccc(Cl)c(Cl)c1. The number of hydrogen-bond acceptors (Lipinski definition) is 3. The molecule has 0 bridgehead atoms. The van der Waals surface area contributed by atoms with E-state index in [1.54, 1.807) is 18.2 Å². The molecule has 1 aliphatic carbocycles. The Balaban J connectivity index is 1.65. The van der Waals surface area contributed by atoms with Crippen LogP contribution in [0.3, 0.4) is 0 Å². The summed E-state index contributed by atoms with van der Waals surface area (Å²) in [6.45, 7) is 4.14. The van der Waals surface area contributed by atoms with E-state index in [1.807, 2.05) is 31.0 Å². The molecule has 2 aliphatic rings. The lowest BCUT2D eigenvalue weighted by Crippen LogP contribution is -2.48. The Morgan fingerprint density at radius 3 is 2.60 bits per heavy atom. The third kappa shape index (κ3) is 4.05.